The van der Waals surface area contributed by atoms with Crippen LogP contribution in [0.3, 0.4) is 0 Å². The van der Waals surface area contributed by atoms with E-state index in [1.54, 1.807) is 28.4 Å². The van der Waals surface area contributed by atoms with Gasteiger partial charge in [-0.2, -0.15) is 0 Å². The molecule has 0 radical (unpaired) electrons. The molecule has 2 aromatic rings. The van der Waals surface area contributed by atoms with Crippen molar-refractivity contribution in [1.29, 1.82) is 0 Å². The van der Waals surface area contributed by atoms with Gasteiger partial charge in [-0.15, -0.1) is 21.5 Å². The van der Waals surface area contributed by atoms with Crippen molar-refractivity contribution in [2.75, 3.05) is 0 Å². The number of thiophene rings is 1. The van der Waals surface area contributed by atoms with Crippen LogP contribution >= 0.6 is 11.3 Å². The van der Waals surface area contributed by atoms with Gasteiger partial charge in [-0.3, -0.25) is 0 Å². The third kappa shape index (κ3) is 3.78. The molecule has 2 aromatic heterocycles. The van der Waals surface area contributed by atoms with E-state index in [-0.39, 0.29) is 6.54 Å². The molecule has 0 aliphatic carbocycles. The summed E-state index contributed by atoms with van der Waals surface area (Å²) in [7, 11) is 0. The Balaban J connectivity index is 1.93. The van der Waals surface area contributed by atoms with Crippen LogP contribution in [0.4, 0.5) is 4.79 Å². The number of hydrogen-bond donors (Lipinski definition) is 3. The molecule has 3 N–H and O–H groups in total. The largest absolute Gasteiger partial charge is 0.479 e. The fourth-order valence-corrected chi connectivity index (χ4v) is 2.50. The molecule has 0 aliphatic rings. The summed E-state index contributed by atoms with van der Waals surface area (Å²) in [5.41, 5.74) is 0. The van der Waals surface area contributed by atoms with Gasteiger partial charge in [-0.1, -0.05) is 6.07 Å². The monoisotopic (exact) mass is 309 g/mol. The highest BCUT2D eigenvalue weighted by atomic mass is 32.1. The molecule has 0 fully saturated rings. The lowest BCUT2D eigenvalue weighted by Gasteiger charge is -2.13. The Morgan fingerprint density at radius 3 is 2.95 bits per heavy atom. The van der Waals surface area contributed by atoms with E-state index in [1.807, 2.05) is 6.92 Å². The molecule has 2 heterocycles. The molecule has 0 aromatic carbocycles. The summed E-state index contributed by atoms with van der Waals surface area (Å²) in [6.07, 6.45) is 1.57. The number of amides is 2. The molecule has 0 spiro atoms. The first-order valence-electron chi connectivity index (χ1n) is 6.29. The molecule has 112 valence electrons. The van der Waals surface area contributed by atoms with Gasteiger partial charge in [0.2, 0.25) is 0 Å². The Labute approximate surface area is 124 Å². The van der Waals surface area contributed by atoms with Crippen molar-refractivity contribution >= 4 is 23.3 Å². The summed E-state index contributed by atoms with van der Waals surface area (Å²) < 4.78 is 1.79. The number of aromatic nitrogens is 3. The molecule has 0 bridgehead atoms. The number of carboxylic acids is 1. The number of aryl methyl sites for hydroxylation is 1. The average molecular weight is 309 g/mol. The summed E-state index contributed by atoms with van der Waals surface area (Å²) in [4.78, 5) is 23.6. The molecular weight excluding hydrogens is 294 g/mol. The lowest BCUT2D eigenvalue weighted by Crippen LogP contribution is -2.40. The zero-order chi connectivity index (χ0) is 15.2. The van der Waals surface area contributed by atoms with E-state index >= 15 is 0 Å². The fraction of sp³-hybridized carbons (Fsp3) is 0.333. The molecule has 9 heteroatoms. The maximum absolute atomic E-state index is 11.8. The lowest BCUT2D eigenvalue weighted by molar-refractivity contribution is -0.139. The van der Waals surface area contributed by atoms with Crippen molar-refractivity contribution in [3.05, 3.63) is 34.5 Å². The van der Waals surface area contributed by atoms with Crippen LogP contribution in [-0.4, -0.2) is 31.9 Å². The number of hydrogen-bond acceptors (Lipinski definition) is 5. The highest BCUT2D eigenvalue weighted by Crippen LogP contribution is 2.18. The second-order valence-electron chi connectivity index (χ2n) is 4.15. The van der Waals surface area contributed by atoms with E-state index in [9.17, 15) is 9.59 Å². The molecule has 8 nitrogen and oxygen atoms in total. The van der Waals surface area contributed by atoms with Crippen molar-refractivity contribution in [3.63, 3.8) is 0 Å². The minimum atomic E-state index is -1.11. The fourth-order valence-electron chi connectivity index (χ4n) is 1.73. The summed E-state index contributed by atoms with van der Waals surface area (Å²) in [6.45, 7) is 2.80. The van der Waals surface area contributed by atoms with Crippen molar-refractivity contribution in [3.8, 4) is 0 Å². The molecule has 1 unspecified atom stereocenters. The van der Waals surface area contributed by atoms with Crippen LogP contribution in [-0.2, 0) is 17.9 Å². The van der Waals surface area contributed by atoms with Gasteiger partial charge in [0.1, 0.15) is 6.33 Å². The zero-order valence-corrected chi connectivity index (χ0v) is 12.1. The number of carbonyl (C=O) groups excluding carboxylic acids is 1. The molecule has 0 saturated heterocycles. The lowest BCUT2D eigenvalue weighted by atomic mass is 10.2. The normalized spacial score (nSPS) is 11.9. The minimum Gasteiger partial charge on any atom is -0.479 e. The van der Waals surface area contributed by atoms with Crippen molar-refractivity contribution in [2.45, 2.75) is 26.1 Å². The van der Waals surface area contributed by atoms with Gasteiger partial charge in [0.25, 0.3) is 0 Å². The second kappa shape index (κ2) is 6.84. The number of urea groups is 1. The third-order valence-electron chi connectivity index (χ3n) is 2.79. The molecule has 0 aliphatic heterocycles. The highest BCUT2D eigenvalue weighted by Gasteiger charge is 2.22. The molecule has 0 saturated carbocycles. The van der Waals surface area contributed by atoms with E-state index < -0.39 is 18.0 Å². The predicted molar refractivity (Wildman–Crippen MR) is 75.8 cm³/mol. The Kier molecular flexibility index (Phi) is 4.88. The summed E-state index contributed by atoms with van der Waals surface area (Å²) in [5.74, 6) is -0.500. The van der Waals surface area contributed by atoms with Gasteiger partial charge < -0.3 is 20.3 Å². The Morgan fingerprint density at radius 2 is 2.33 bits per heavy atom. The van der Waals surface area contributed by atoms with E-state index in [0.29, 0.717) is 17.2 Å². The van der Waals surface area contributed by atoms with Crippen LogP contribution in [0.1, 0.15) is 23.7 Å². The molecule has 21 heavy (non-hydrogen) atoms. The van der Waals surface area contributed by atoms with E-state index in [2.05, 4.69) is 20.8 Å². The van der Waals surface area contributed by atoms with Gasteiger partial charge >= 0.3 is 12.0 Å². The van der Waals surface area contributed by atoms with Gasteiger partial charge in [0, 0.05) is 11.4 Å². The Hall–Kier alpha value is -2.42. The number of rotatable bonds is 6. The summed E-state index contributed by atoms with van der Waals surface area (Å²) >= 11 is 1.27. The topological polar surface area (TPSA) is 109 Å². The minimum absolute atomic E-state index is 0.177. The molecule has 1 atom stereocenters. The number of carboxylic acid groups (broad SMARTS) is 1. The van der Waals surface area contributed by atoms with Crippen molar-refractivity contribution in [1.82, 2.24) is 25.4 Å². The molecule has 2 amide bonds. The van der Waals surface area contributed by atoms with Crippen LogP contribution in [0.25, 0.3) is 0 Å². The second-order valence-corrected chi connectivity index (χ2v) is 5.13. The SMILES string of the molecule is CCn1cnnc1CNC(=O)NC(C(=O)O)c1cccs1. The standard InChI is InChI=1S/C12H15N5O3S/c1-2-17-7-14-16-9(17)6-13-12(20)15-10(11(18)19)8-4-3-5-21-8/h3-5,7,10H,2,6H2,1H3,(H,18,19)(H2,13,15,20). The Bertz CT molecular complexity index is 610. The summed E-state index contributed by atoms with van der Waals surface area (Å²) in [6, 6.07) is 1.77. The van der Waals surface area contributed by atoms with E-state index in [4.69, 9.17) is 5.11 Å². The van der Waals surface area contributed by atoms with Crippen molar-refractivity contribution in [2.24, 2.45) is 0 Å². The van der Waals surface area contributed by atoms with Crippen molar-refractivity contribution < 1.29 is 14.7 Å². The number of carbonyl (C=O) groups is 2. The number of nitrogens with zero attached hydrogens (tertiary/aromatic N) is 3. The first kappa shape index (κ1) is 15.0. The maximum atomic E-state index is 11.8. The van der Waals surface area contributed by atoms with Gasteiger partial charge in [-0.25, -0.2) is 9.59 Å². The highest BCUT2D eigenvalue weighted by molar-refractivity contribution is 7.10. The average Bonchev–Trinajstić information content (AvgIpc) is 3.12. The molecule has 2 rings (SSSR count). The smallest absolute Gasteiger partial charge is 0.331 e. The van der Waals surface area contributed by atoms with Crippen LogP contribution in [0.15, 0.2) is 23.8 Å². The van der Waals surface area contributed by atoms with E-state index in [1.165, 1.54) is 11.3 Å². The van der Waals surface area contributed by atoms with Gasteiger partial charge in [-0.05, 0) is 18.4 Å². The Morgan fingerprint density at radius 1 is 1.52 bits per heavy atom. The first-order valence-corrected chi connectivity index (χ1v) is 7.17. The maximum Gasteiger partial charge on any atom is 0.331 e. The predicted octanol–water partition coefficient (Wildman–Crippen LogP) is 0.985. The summed E-state index contributed by atoms with van der Waals surface area (Å²) in [5, 5.41) is 23.6. The number of aliphatic carboxylic acids is 1. The quantitative estimate of drug-likeness (QED) is 0.737. The molecular formula is C12H15N5O3S. The van der Waals surface area contributed by atoms with E-state index in [0.717, 1.165) is 0 Å². The number of nitrogens with one attached hydrogen (secondary N) is 2. The van der Waals surface area contributed by atoms with Gasteiger partial charge in [0.05, 0.1) is 6.54 Å². The zero-order valence-electron chi connectivity index (χ0n) is 11.3. The first-order chi connectivity index (χ1) is 10.1. The van der Waals surface area contributed by atoms with Crippen LogP contribution in [0, 0.1) is 0 Å². The third-order valence-corrected chi connectivity index (χ3v) is 3.73. The van der Waals surface area contributed by atoms with Gasteiger partial charge in [0.15, 0.2) is 11.9 Å². The van der Waals surface area contributed by atoms with Crippen LogP contribution in [0.5, 0.6) is 0 Å². The van der Waals surface area contributed by atoms with Crippen LogP contribution < -0.4 is 10.6 Å². The van der Waals surface area contributed by atoms with Crippen LogP contribution in [0.2, 0.25) is 0 Å².